The van der Waals surface area contributed by atoms with Gasteiger partial charge in [0.05, 0.1) is 12.8 Å². The van der Waals surface area contributed by atoms with Gasteiger partial charge in [0, 0.05) is 33.9 Å². The number of rotatable bonds is 6. The lowest BCUT2D eigenvalue weighted by Gasteiger charge is -2.08. The highest BCUT2D eigenvalue weighted by molar-refractivity contribution is 7.14. The van der Waals surface area contributed by atoms with E-state index < -0.39 is 0 Å². The summed E-state index contributed by atoms with van der Waals surface area (Å²) in [5.74, 6) is 0.665. The van der Waals surface area contributed by atoms with Gasteiger partial charge in [-0.2, -0.15) is 0 Å². The summed E-state index contributed by atoms with van der Waals surface area (Å²) in [6.45, 7) is 1.93. The molecule has 1 amide bonds. The van der Waals surface area contributed by atoms with Crippen LogP contribution in [0.1, 0.15) is 15.9 Å². The Morgan fingerprint density at radius 1 is 0.967 bits per heavy atom. The molecule has 0 aliphatic rings. The van der Waals surface area contributed by atoms with Gasteiger partial charge < -0.3 is 15.4 Å². The monoisotopic (exact) mass is 415 g/mol. The minimum Gasteiger partial charge on any atom is -0.497 e. The largest absolute Gasteiger partial charge is 0.497 e. The molecule has 4 rings (SSSR count). The highest BCUT2D eigenvalue weighted by Crippen LogP contribution is 2.29. The summed E-state index contributed by atoms with van der Waals surface area (Å²) in [7, 11) is 1.64. The van der Waals surface area contributed by atoms with E-state index in [-0.39, 0.29) is 5.91 Å². The number of thiazole rings is 1. The van der Waals surface area contributed by atoms with E-state index in [0.717, 1.165) is 39.1 Å². The van der Waals surface area contributed by atoms with Crippen molar-refractivity contribution >= 4 is 33.8 Å². The van der Waals surface area contributed by atoms with Gasteiger partial charge in [-0.1, -0.05) is 36.4 Å². The molecule has 5 nitrogen and oxygen atoms in total. The number of amides is 1. The Morgan fingerprint density at radius 2 is 1.77 bits per heavy atom. The number of benzene rings is 3. The molecule has 6 heteroatoms. The molecule has 2 N–H and O–H groups in total. The lowest BCUT2D eigenvalue weighted by molar-refractivity contribution is 0.102. The number of ether oxygens (including phenoxy) is 1. The quantitative estimate of drug-likeness (QED) is 0.398. The summed E-state index contributed by atoms with van der Waals surface area (Å²) in [4.78, 5) is 17.3. The van der Waals surface area contributed by atoms with Crippen molar-refractivity contribution < 1.29 is 9.53 Å². The maximum atomic E-state index is 12.6. The number of carbonyl (C=O) groups excluding carboxylic acids is 1. The van der Waals surface area contributed by atoms with Crippen molar-refractivity contribution in [3.05, 3.63) is 89.3 Å². The summed E-state index contributed by atoms with van der Waals surface area (Å²) in [5, 5.41) is 9.05. The van der Waals surface area contributed by atoms with Crippen LogP contribution in [-0.4, -0.2) is 18.0 Å². The minimum absolute atomic E-state index is 0.121. The third kappa shape index (κ3) is 4.50. The van der Waals surface area contributed by atoms with Crippen molar-refractivity contribution in [1.29, 1.82) is 0 Å². The summed E-state index contributed by atoms with van der Waals surface area (Å²) in [5.41, 5.74) is 5.04. The number of carbonyl (C=O) groups is 1. The van der Waals surface area contributed by atoms with E-state index in [1.807, 2.05) is 85.1 Å². The third-order valence-electron chi connectivity index (χ3n) is 4.63. The third-order valence-corrected chi connectivity index (χ3v) is 5.39. The molecule has 0 saturated heterocycles. The van der Waals surface area contributed by atoms with Crippen LogP contribution in [0.3, 0.4) is 0 Å². The Hall–Kier alpha value is -3.64. The van der Waals surface area contributed by atoms with Gasteiger partial charge in [-0.25, -0.2) is 4.98 Å². The van der Waals surface area contributed by atoms with Crippen molar-refractivity contribution in [3.63, 3.8) is 0 Å². The van der Waals surface area contributed by atoms with Crippen molar-refractivity contribution in [2.24, 2.45) is 0 Å². The normalized spacial score (nSPS) is 10.5. The first kappa shape index (κ1) is 19.7. The molecular formula is C24H21N3O2S. The molecule has 0 bridgehead atoms. The molecule has 0 radical (unpaired) electrons. The molecule has 3 aromatic carbocycles. The standard InChI is InChI=1S/C24H21N3O2S/c1-16-7-3-4-12-21(16)23(28)25-18-9-5-8-17(13-18)22-15-30-24(27-22)26-19-10-6-11-20(14-19)29-2/h3-15H,1-2H3,(H,25,28)(H,26,27). The van der Waals surface area contributed by atoms with E-state index in [1.165, 1.54) is 11.3 Å². The molecule has 150 valence electrons. The van der Waals surface area contributed by atoms with Gasteiger partial charge in [0.25, 0.3) is 5.91 Å². The molecule has 0 spiro atoms. The molecule has 0 aliphatic heterocycles. The van der Waals surface area contributed by atoms with Crippen molar-refractivity contribution in [2.75, 3.05) is 17.7 Å². The zero-order chi connectivity index (χ0) is 20.9. The van der Waals surface area contributed by atoms with Crippen LogP contribution in [0.25, 0.3) is 11.3 Å². The maximum absolute atomic E-state index is 12.6. The Labute approximate surface area is 179 Å². The summed E-state index contributed by atoms with van der Waals surface area (Å²) >= 11 is 1.52. The van der Waals surface area contributed by atoms with Crippen molar-refractivity contribution in [2.45, 2.75) is 6.92 Å². The van der Waals surface area contributed by atoms with Crippen LogP contribution in [0.5, 0.6) is 5.75 Å². The molecule has 0 atom stereocenters. The minimum atomic E-state index is -0.121. The second kappa shape index (κ2) is 8.80. The second-order valence-corrected chi connectivity index (χ2v) is 7.60. The number of hydrogen-bond donors (Lipinski definition) is 2. The van der Waals surface area contributed by atoms with Crippen LogP contribution in [0.2, 0.25) is 0 Å². The fraction of sp³-hybridized carbons (Fsp3) is 0.0833. The number of hydrogen-bond acceptors (Lipinski definition) is 5. The zero-order valence-electron chi connectivity index (χ0n) is 16.7. The average molecular weight is 416 g/mol. The highest BCUT2D eigenvalue weighted by atomic mass is 32.1. The Morgan fingerprint density at radius 3 is 2.60 bits per heavy atom. The van der Waals surface area contributed by atoms with Gasteiger partial charge in [0.15, 0.2) is 5.13 Å². The molecular weight excluding hydrogens is 394 g/mol. The lowest BCUT2D eigenvalue weighted by Crippen LogP contribution is -2.13. The SMILES string of the molecule is COc1cccc(Nc2nc(-c3cccc(NC(=O)c4ccccc4C)c3)cs2)c1. The number of anilines is 3. The average Bonchev–Trinajstić information content (AvgIpc) is 3.23. The van der Waals surface area contributed by atoms with Crippen LogP contribution in [0.4, 0.5) is 16.5 Å². The van der Waals surface area contributed by atoms with Gasteiger partial charge in [0.1, 0.15) is 5.75 Å². The summed E-state index contributed by atoms with van der Waals surface area (Å²) in [6, 6.07) is 23.0. The van der Waals surface area contributed by atoms with E-state index in [2.05, 4.69) is 15.6 Å². The topological polar surface area (TPSA) is 63.2 Å². The molecule has 4 aromatic rings. The van der Waals surface area contributed by atoms with E-state index in [0.29, 0.717) is 5.56 Å². The molecule has 0 aliphatic carbocycles. The zero-order valence-corrected chi connectivity index (χ0v) is 17.5. The first-order valence-corrected chi connectivity index (χ1v) is 10.3. The van der Waals surface area contributed by atoms with Crippen LogP contribution in [0, 0.1) is 6.92 Å². The van der Waals surface area contributed by atoms with E-state index in [1.54, 1.807) is 7.11 Å². The van der Waals surface area contributed by atoms with Gasteiger partial charge >= 0.3 is 0 Å². The van der Waals surface area contributed by atoms with Gasteiger partial charge in [-0.3, -0.25) is 4.79 Å². The van der Waals surface area contributed by atoms with Crippen molar-refractivity contribution in [3.8, 4) is 17.0 Å². The Kier molecular flexibility index (Phi) is 5.77. The van der Waals surface area contributed by atoms with Crippen LogP contribution >= 0.6 is 11.3 Å². The Bertz CT molecular complexity index is 1190. The van der Waals surface area contributed by atoms with Gasteiger partial charge in [-0.05, 0) is 42.8 Å². The van der Waals surface area contributed by atoms with Crippen LogP contribution in [0.15, 0.2) is 78.2 Å². The molecule has 30 heavy (non-hydrogen) atoms. The number of methoxy groups -OCH3 is 1. The number of nitrogens with one attached hydrogen (secondary N) is 2. The second-order valence-electron chi connectivity index (χ2n) is 6.74. The number of aryl methyl sites for hydroxylation is 1. The van der Waals surface area contributed by atoms with Gasteiger partial charge in [0.2, 0.25) is 0 Å². The summed E-state index contributed by atoms with van der Waals surface area (Å²) in [6.07, 6.45) is 0. The first-order valence-electron chi connectivity index (χ1n) is 9.46. The van der Waals surface area contributed by atoms with Gasteiger partial charge in [-0.15, -0.1) is 11.3 Å². The first-order chi connectivity index (χ1) is 14.6. The summed E-state index contributed by atoms with van der Waals surface area (Å²) < 4.78 is 5.26. The predicted octanol–water partition coefficient (Wildman–Crippen LogP) is 6.12. The maximum Gasteiger partial charge on any atom is 0.255 e. The van der Waals surface area contributed by atoms with Crippen LogP contribution < -0.4 is 15.4 Å². The molecule has 1 heterocycles. The molecule has 0 unspecified atom stereocenters. The highest BCUT2D eigenvalue weighted by Gasteiger charge is 2.10. The number of aromatic nitrogens is 1. The predicted molar refractivity (Wildman–Crippen MR) is 123 cm³/mol. The molecule has 0 fully saturated rings. The number of nitrogens with zero attached hydrogens (tertiary/aromatic N) is 1. The fourth-order valence-electron chi connectivity index (χ4n) is 3.07. The Balaban J connectivity index is 1.50. The van der Waals surface area contributed by atoms with E-state index in [9.17, 15) is 4.79 Å². The van der Waals surface area contributed by atoms with Crippen molar-refractivity contribution in [1.82, 2.24) is 4.98 Å². The van der Waals surface area contributed by atoms with E-state index >= 15 is 0 Å². The fourth-order valence-corrected chi connectivity index (χ4v) is 3.81. The van der Waals surface area contributed by atoms with Crippen LogP contribution in [-0.2, 0) is 0 Å². The molecule has 1 aromatic heterocycles. The van der Waals surface area contributed by atoms with E-state index in [4.69, 9.17) is 4.74 Å². The smallest absolute Gasteiger partial charge is 0.255 e. The molecule has 0 saturated carbocycles. The lowest BCUT2D eigenvalue weighted by atomic mass is 10.1.